The number of likely N-dealkylation sites (N-methyl/N-ethyl adjacent to an activating group) is 1. The lowest BCUT2D eigenvalue weighted by Crippen LogP contribution is -2.20. The van der Waals surface area contributed by atoms with Gasteiger partial charge in [-0.3, -0.25) is 9.52 Å². The Morgan fingerprint density at radius 2 is 1.91 bits per heavy atom. The van der Waals surface area contributed by atoms with Crippen molar-refractivity contribution in [2.45, 2.75) is 18.2 Å². The first kappa shape index (κ1) is 15.5. The number of nitrogens with zero attached hydrogens (tertiary/aromatic N) is 1. The monoisotopic (exact) mass is 334 g/mol. The zero-order valence-electron chi connectivity index (χ0n) is 12.6. The van der Waals surface area contributed by atoms with Crippen LogP contribution in [0, 0.1) is 12.7 Å². The van der Waals surface area contributed by atoms with Crippen LogP contribution < -0.4 is 9.62 Å². The molecule has 0 atom stereocenters. The van der Waals surface area contributed by atoms with E-state index in [4.69, 9.17) is 0 Å². The Bertz CT molecular complexity index is 910. The van der Waals surface area contributed by atoms with Crippen molar-refractivity contribution in [3.63, 3.8) is 0 Å². The normalized spacial score (nSPS) is 14.0. The predicted molar refractivity (Wildman–Crippen MR) is 85.5 cm³/mol. The highest BCUT2D eigenvalue weighted by Gasteiger charge is 2.25. The van der Waals surface area contributed by atoms with Crippen LogP contribution in [0.4, 0.5) is 15.8 Å². The number of rotatable bonds is 3. The highest BCUT2D eigenvalue weighted by molar-refractivity contribution is 7.92. The first-order valence-corrected chi connectivity index (χ1v) is 8.45. The van der Waals surface area contributed by atoms with Gasteiger partial charge in [0.05, 0.1) is 11.3 Å². The molecule has 7 heteroatoms. The number of carbonyl (C=O) groups excluding carboxylic acids is 1. The van der Waals surface area contributed by atoms with Crippen LogP contribution in [-0.4, -0.2) is 21.4 Å². The lowest BCUT2D eigenvalue weighted by atomic mass is 10.1. The first-order valence-electron chi connectivity index (χ1n) is 6.96. The minimum absolute atomic E-state index is 0.0408. The SMILES string of the molecule is Cc1ccc(F)cc1S(=O)(=O)Nc1ccc2c(c1)CC(=O)N2C. The summed E-state index contributed by atoms with van der Waals surface area (Å²) in [5.74, 6) is -0.655. The molecule has 1 N–H and O–H groups in total. The van der Waals surface area contributed by atoms with Gasteiger partial charge in [0.2, 0.25) is 5.91 Å². The maximum atomic E-state index is 13.3. The molecular formula is C16H15FN2O3S. The van der Waals surface area contributed by atoms with Gasteiger partial charge in [-0.1, -0.05) is 6.07 Å². The van der Waals surface area contributed by atoms with Gasteiger partial charge in [0, 0.05) is 18.4 Å². The molecule has 1 aliphatic rings. The van der Waals surface area contributed by atoms with Crippen molar-refractivity contribution in [3.8, 4) is 0 Å². The van der Waals surface area contributed by atoms with E-state index in [0.29, 0.717) is 11.3 Å². The second-order valence-electron chi connectivity index (χ2n) is 5.49. The molecule has 0 spiro atoms. The van der Waals surface area contributed by atoms with Crippen molar-refractivity contribution in [1.82, 2.24) is 0 Å². The van der Waals surface area contributed by atoms with E-state index in [1.165, 1.54) is 17.0 Å². The number of halogens is 1. The van der Waals surface area contributed by atoms with Gasteiger partial charge in [-0.2, -0.15) is 0 Å². The Balaban J connectivity index is 1.95. The highest BCUT2D eigenvalue weighted by atomic mass is 32.2. The fourth-order valence-corrected chi connectivity index (χ4v) is 3.91. The number of sulfonamides is 1. The first-order chi connectivity index (χ1) is 10.8. The Morgan fingerprint density at radius 1 is 1.17 bits per heavy atom. The summed E-state index contributed by atoms with van der Waals surface area (Å²) in [7, 11) is -2.22. The van der Waals surface area contributed by atoms with Crippen LogP contribution in [0.15, 0.2) is 41.3 Å². The third-order valence-corrected chi connectivity index (χ3v) is 5.37. The number of amides is 1. The van der Waals surface area contributed by atoms with Crippen molar-refractivity contribution >= 4 is 27.3 Å². The maximum absolute atomic E-state index is 13.3. The average Bonchev–Trinajstić information content (AvgIpc) is 2.75. The quantitative estimate of drug-likeness (QED) is 0.937. The van der Waals surface area contributed by atoms with Crippen molar-refractivity contribution in [3.05, 3.63) is 53.3 Å². The van der Waals surface area contributed by atoms with Crippen LogP contribution in [0.3, 0.4) is 0 Å². The maximum Gasteiger partial charge on any atom is 0.262 e. The van der Waals surface area contributed by atoms with E-state index in [0.717, 1.165) is 17.3 Å². The summed E-state index contributed by atoms with van der Waals surface area (Å²) >= 11 is 0. The third-order valence-electron chi connectivity index (χ3n) is 3.85. The van der Waals surface area contributed by atoms with Crippen LogP contribution in [-0.2, 0) is 21.2 Å². The summed E-state index contributed by atoms with van der Waals surface area (Å²) in [5.41, 5.74) is 2.32. The van der Waals surface area contributed by atoms with Crippen molar-refractivity contribution in [1.29, 1.82) is 0 Å². The topological polar surface area (TPSA) is 66.5 Å². The van der Waals surface area contributed by atoms with Crippen LogP contribution in [0.2, 0.25) is 0 Å². The van der Waals surface area contributed by atoms with Gasteiger partial charge in [0.1, 0.15) is 5.82 Å². The van der Waals surface area contributed by atoms with Gasteiger partial charge in [0.25, 0.3) is 10.0 Å². The third kappa shape index (κ3) is 2.79. The minimum atomic E-state index is -3.90. The number of benzene rings is 2. The zero-order chi connectivity index (χ0) is 16.8. The molecule has 1 heterocycles. The number of hydrogen-bond acceptors (Lipinski definition) is 3. The lowest BCUT2D eigenvalue weighted by molar-refractivity contribution is -0.117. The Kier molecular flexibility index (Phi) is 3.60. The molecule has 1 aliphatic heterocycles. The summed E-state index contributed by atoms with van der Waals surface area (Å²) in [6.07, 6.45) is 0.237. The van der Waals surface area contributed by atoms with E-state index >= 15 is 0 Å². The molecule has 0 saturated heterocycles. The van der Waals surface area contributed by atoms with E-state index in [2.05, 4.69) is 4.72 Å². The van der Waals surface area contributed by atoms with Crippen molar-refractivity contribution in [2.24, 2.45) is 0 Å². The van der Waals surface area contributed by atoms with Crippen LogP contribution in [0.1, 0.15) is 11.1 Å². The number of nitrogens with one attached hydrogen (secondary N) is 1. The van der Waals surface area contributed by atoms with Gasteiger partial charge in [-0.25, -0.2) is 12.8 Å². The van der Waals surface area contributed by atoms with Gasteiger partial charge < -0.3 is 4.90 Å². The molecule has 0 bridgehead atoms. The number of hydrogen-bond donors (Lipinski definition) is 1. The molecule has 0 radical (unpaired) electrons. The number of fused-ring (bicyclic) bond motifs is 1. The molecule has 5 nitrogen and oxygen atoms in total. The van der Waals surface area contributed by atoms with Gasteiger partial charge in [-0.15, -0.1) is 0 Å². The second kappa shape index (κ2) is 5.34. The molecule has 2 aromatic rings. The molecule has 23 heavy (non-hydrogen) atoms. The van der Waals surface area contributed by atoms with Crippen LogP contribution >= 0.6 is 0 Å². The summed E-state index contributed by atoms with van der Waals surface area (Å²) in [6, 6.07) is 8.52. The van der Waals surface area contributed by atoms with Crippen molar-refractivity contribution in [2.75, 3.05) is 16.7 Å². The molecule has 2 aromatic carbocycles. The lowest BCUT2D eigenvalue weighted by Gasteiger charge is -2.13. The standard InChI is InChI=1S/C16H15FN2O3S/c1-10-3-4-12(17)9-15(10)23(21,22)18-13-5-6-14-11(7-13)8-16(20)19(14)2/h3-7,9,18H,8H2,1-2H3. The summed E-state index contributed by atoms with van der Waals surface area (Å²) in [6.45, 7) is 1.60. The summed E-state index contributed by atoms with van der Waals surface area (Å²) in [5, 5.41) is 0. The van der Waals surface area contributed by atoms with Gasteiger partial charge in [0.15, 0.2) is 0 Å². The molecule has 120 valence electrons. The number of aryl methyl sites for hydroxylation is 1. The minimum Gasteiger partial charge on any atom is -0.315 e. The largest absolute Gasteiger partial charge is 0.315 e. The smallest absolute Gasteiger partial charge is 0.262 e. The van der Waals surface area contributed by atoms with E-state index in [-0.39, 0.29) is 17.2 Å². The van der Waals surface area contributed by atoms with E-state index in [9.17, 15) is 17.6 Å². The fraction of sp³-hybridized carbons (Fsp3) is 0.188. The fourth-order valence-electron chi connectivity index (χ4n) is 2.61. The van der Waals surface area contributed by atoms with Gasteiger partial charge in [-0.05, 0) is 48.4 Å². The molecule has 3 rings (SSSR count). The van der Waals surface area contributed by atoms with Crippen molar-refractivity contribution < 1.29 is 17.6 Å². The summed E-state index contributed by atoms with van der Waals surface area (Å²) < 4.78 is 40.7. The van der Waals surface area contributed by atoms with Crippen LogP contribution in [0.5, 0.6) is 0 Å². The molecular weight excluding hydrogens is 319 g/mol. The molecule has 0 aliphatic carbocycles. The molecule has 1 amide bonds. The Labute approximate surface area is 133 Å². The van der Waals surface area contributed by atoms with E-state index in [1.54, 1.807) is 32.2 Å². The molecule has 0 unspecified atom stereocenters. The highest BCUT2D eigenvalue weighted by Crippen LogP contribution is 2.31. The summed E-state index contributed by atoms with van der Waals surface area (Å²) in [4.78, 5) is 13.1. The predicted octanol–water partition coefficient (Wildman–Crippen LogP) is 2.45. The average molecular weight is 334 g/mol. The second-order valence-corrected chi connectivity index (χ2v) is 7.14. The van der Waals surface area contributed by atoms with E-state index in [1.807, 2.05) is 0 Å². The zero-order valence-corrected chi connectivity index (χ0v) is 13.4. The molecule has 0 aromatic heterocycles. The van der Waals surface area contributed by atoms with E-state index < -0.39 is 15.8 Å². The molecule has 0 saturated carbocycles. The van der Waals surface area contributed by atoms with Crippen LogP contribution in [0.25, 0.3) is 0 Å². The number of anilines is 2. The van der Waals surface area contributed by atoms with Gasteiger partial charge >= 0.3 is 0 Å². The Morgan fingerprint density at radius 3 is 2.65 bits per heavy atom. The molecule has 0 fully saturated rings. The number of carbonyl (C=O) groups is 1. The Hall–Kier alpha value is -2.41.